The van der Waals surface area contributed by atoms with Crippen molar-refractivity contribution in [3.8, 4) is 0 Å². The molecule has 1 aromatic rings. The molecule has 2 heterocycles. The maximum absolute atomic E-state index is 11.9. The number of ether oxygens (including phenoxy) is 1. The van der Waals surface area contributed by atoms with Crippen LogP contribution in [0.3, 0.4) is 0 Å². The first-order valence-corrected chi connectivity index (χ1v) is 5.81. The van der Waals surface area contributed by atoms with Gasteiger partial charge in [-0.25, -0.2) is 0 Å². The number of hydrogen-bond donors (Lipinski definition) is 2. The number of pyridine rings is 1. The summed E-state index contributed by atoms with van der Waals surface area (Å²) in [7, 11) is 0. The number of hydrogen-bond acceptors (Lipinski definition) is 4. The van der Waals surface area contributed by atoms with Crippen LogP contribution in [0.5, 0.6) is 0 Å². The number of primary amides is 1. The van der Waals surface area contributed by atoms with E-state index in [-0.39, 0.29) is 23.2 Å². The Morgan fingerprint density at radius 3 is 2.61 bits per heavy atom. The Morgan fingerprint density at radius 2 is 2.06 bits per heavy atom. The molecule has 0 radical (unpaired) electrons. The molecule has 18 heavy (non-hydrogen) atoms. The van der Waals surface area contributed by atoms with Crippen LogP contribution in [0, 0.1) is 0 Å². The molecule has 2 amide bonds. The zero-order chi connectivity index (χ0) is 13.0. The summed E-state index contributed by atoms with van der Waals surface area (Å²) in [5, 5.41) is 2.89. The molecule has 0 aromatic carbocycles. The normalized spacial score (nSPS) is 16.2. The summed E-state index contributed by atoms with van der Waals surface area (Å²) in [6.07, 6.45) is 2.93. The van der Waals surface area contributed by atoms with Crippen molar-refractivity contribution in [3.63, 3.8) is 0 Å². The van der Waals surface area contributed by atoms with Crippen LogP contribution in [-0.4, -0.2) is 36.1 Å². The van der Waals surface area contributed by atoms with Gasteiger partial charge in [0.25, 0.3) is 5.91 Å². The second-order valence-electron chi connectivity index (χ2n) is 4.16. The molecule has 0 atom stereocenters. The molecule has 0 aliphatic carbocycles. The van der Waals surface area contributed by atoms with E-state index in [9.17, 15) is 9.59 Å². The topological polar surface area (TPSA) is 94.3 Å². The molecular formula is C12H15N3O3. The molecule has 1 aliphatic heterocycles. The molecule has 0 saturated carbocycles. The first-order valence-electron chi connectivity index (χ1n) is 5.81. The summed E-state index contributed by atoms with van der Waals surface area (Å²) in [5.74, 6) is -0.795. The minimum Gasteiger partial charge on any atom is -0.381 e. The molecule has 6 nitrogen and oxygen atoms in total. The molecule has 1 saturated heterocycles. The van der Waals surface area contributed by atoms with Crippen LogP contribution in [0.2, 0.25) is 0 Å². The van der Waals surface area contributed by atoms with Crippen molar-refractivity contribution in [1.82, 2.24) is 10.3 Å². The van der Waals surface area contributed by atoms with E-state index in [1.165, 1.54) is 18.3 Å². The molecule has 2 rings (SSSR count). The van der Waals surface area contributed by atoms with Crippen molar-refractivity contribution in [2.24, 2.45) is 5.73 Å². The van der Waals surface area contributed by atoms with Crippen molar-refractivity contribution >= 4 is 11.8 Å². The van der Waals surface area contributed by atoms with E-state index in [1.807, 2.05) is 0 Å². The lowest BCUT2D eigenvalue weighted by Gasteiger charge is -2.22. The summed E-state index contributed by atoms with van der Waals surface area (Å²) in [6.45, 7) is 1.33. The quantitative estimate of drug-likeness (QED) is 0.793. The van der Waals surface area contributed by atoms with Crippen molar-refractivity contribution in [2.75, 3.05) is 13.2 Å². The average molecular weight is 249 g/mol. The van der Waals surface area contributed by atoms with Crippen molar-refractivity contribution < 1.29 is 14.3 Å². The van der Waals surface area contributed by atoms with Gasteiger partial charge in [0.15, 0.2) is 0 Å². The lowest BCUT2D eigenvalue weighted by molar-refractivity contribution is 0.0694. The Bertz CT molecular complexity index is 438. The number of aromatic nitrogens is 1. The maximum atomic E-state index is 11.9. The largest absolute Gasteiger partial charge is 0.381 e. The second kappa shape index (κ2) is 5.59. The fraction of sp³-hybridized carbons (Fsp3) is 0.417. The third-order valence-electron chi connectivity index (χ3n) is 2.84. The molecule has 0 spiro atoms. The Hall–Kier alpha value is -1.95. The van der Waals surface area contributed by atoms with E-state index in [0.717, 1.165) is 12.8 Å². The fourth-order valence-electron chi connectivity index (χ4n) is 1.78. The zero-order valence-electron chi connectivity index (χ0n) is 9.89. The van der Waals surface area contributed by atoms with Gasteiger partial charge in [-0.3, -0.25) is 14.6 Å². The van der Waals surface area contributed by atoms with Crippen LogP contribution in [-0.2, 0) is 4.74 Å². The Morgan fingerprint density at radius 1 is 1.33 bits per heavy atom. The fourth-order valence-corrected chi connectivity index (χ4v) is 1.78. The van der Waals surface area contributed by atoms with E-state index in [2.05, 4.69) is 10.3 Å². The van der Waals surface area contributed by atoms with Crippen molar-refractivity contribution in [3.05, 3.63) is 29.6 Å². The molecule has 3 N–H and O–H groups in total. The molecule has 0 unspecified atom stereocenters. The highest BCUT2D eigenvalue weighted by Gasteiger charge is 2.17. The van der Waals surface area contributed by atoms with Gasteiger partial charge < -0.3 is 15.8 Å². The summed E-state index contributed by atoms with van der Waals surface area (Å²) in [5.41, 5.74) is 5.67. The second-order valence-corrected chi connectivity index (χ2v) is 4.16. The van der Waals surface area contributed by atoms with Gasteiger partial charge in [-0.1, -0.05) is 0 Å². The van der Waals surface area contributed by atoms with E-state index >= 15 is 0 Å². The average Bonchev–Trinajstić information content (AvgIpc) is 2.40. The number of carbonyl (C=O) groups excluding carboxylic acids is 2. The van der Waals surface area contributed by atoms with Gasteiger partial charge in [-0.2, -0.15) is 0 Å². The number of nitrogens with two attached hydrogens (primary N) is 1. The van der Waals surface area contributed by atoms with Gasteiger partial charge >= 0.3 is 0 Å². The maximum Gasteiger partial charge on any atom is 0.270 e. The van der Waals surface area contributed by atoms with E-state index in [0.29, 0.717) is 13.2 Å². The highest BCUT2D eigenvalue weighted by molar-refractivity contribution is 5.95. The SMILES string of the molecule is NC(=O)c1ccc(C(=O)NC2CCOCC2)nc1. The number of amides is 2. The van der Waals surface area contributed by atoms with Gasteiger partial charge in [0, 0.05) is 25.5 Å². The Balaban J connectivity index is 1.97. The van der Waals surface area contributed by atoms with Crippen molar-refractivity contribution in [1.29, 1.82) is 0 Å². The van der Waals surface area contributed by atoms with Crippen LogP contribution in [0.25, 0.3) is 0 Å². The first-order chi connectivity index (χ1) is 8.66. The lowest BCUT2D eigenvalue weighted by Crippen LogP contribution is -2.39. The van der Waals surface area contributed by atoms with Crippen molar-refractivity contribution in [2.45, 2.75) is 18.9 Å². The van der Waals surface area contributed by atoms with E-state index in [1.54, 1.807) is 0 Å². The minimum absolute atomic E-state index is 0.129. The van der Waals surface area contributed by atoms with E-state index < -0.39 is 5.91 Å². The highest BCUT2D eigenvalue weighted by Crippen LogP contribution is 2.07. The predicted molar refractivity (Wildman–Crippen MR) is 64.1 cm³/mol. The molecule has 0 bridgehead atoms. The smallest absolute Gasteiger partial charge is 0.270 e. The van der Waals surface area contributed by atoms with E-state index in [4.69, 9.17) is 10.5 Å². The lowest BCUT2D eigenvalue weighted by atomic mass is 10.1. The summed E-state index contributed by atoms with van der Waals surface area (Å²) >= 11 is 0. The molecule has 6 heteroatoms. The molecule has 96 valence electrons. The standard InChI is InChI=1S/C12H15N3O3/c13-11(16)8-1-2-10(14-7-8)12(17)15-9-3-5-18-6-4-9/h1-2,7,9H,3-6H2,(H2,13,16)(H,15,17). The number of nitrogens with zero attached hydrogens (tertiary/aromatic N) is 1. The van der Waals surface area contributed by atoms with Crippen LogP contribution < -0.4 is 11.1 Å². The third-order valence-corrected chi connectivity index (χ3v) is 2.84. The zero-order valence-corrected chi connectivity index (χ0v) is 9.89. The summed E-state index contributed by atoms with van der Waals surface area (Å²) < 4.78 is 5.21. The number of nitrogens with one attached hydrogen (secondary N) is 1. The van der Waals surface area contributed by atoms with Gasteiger partial charge in [0.05, 0.1) is 5.56 Å². The van der Waals surface area contributed by atoms with Gasteiger partial charge in [-0.05, 0) is 25.0 Å². The summed E-state index contributed by atoms with van der Waals surface area (Å²) in [4.78, 5) is 26.7. The Kier molecular flexibility index (Phi) is 3.88. The van der Waals surface area contributed by atoms with Crippen LogP contribution in [0.15, 0.2) is 18.3 Å². The molecule has 1 aromatic heterocycles. The monoisotopic (exact) mass is 249 g/mol. The highest BCUT2D eigenvalue weighted by atomic mass is 16.5. The van der Waals surface area contributed by atoms with Crippen LogP contribution >= 0.6 is 0 Å². The molecule has 1 aliphatic rings. The molecular weight excluding hydrogens is 234 g/mol. The van der Waals surface area contributed by atoms with Gasteiger partial charge in [0.2, 0.25) is 5.91 Å². The van der Waals surface area contributed by atoms with Gasteiger partial charge in [-0.15, -0.1) is 0 Å². The summed E-state index contributed by atoms with van der Waals surface area (Å²) in [6, 6.07) is 3.12. The first kappa shape index (κ1) is 12.5. The Labute approximate surface area is 105 Å². The van der Waals surface area contributed by atoms with Crippen LogP contribution in [0.1, 0.15) is 33.7 Å². The van der Waals surface area contributed by atoms with Gasteiger partial charge in [0.1, 0.15) is 5.69 Å². The van der Waals surface area contributed by atoms with Crippen LogP contribution in [0.4, 0.5) is 0 Å². The molecule has 1 fully saturated rings. The minimum atomic E-state index is -0.557. The number of rotatable bonds is 3. The third kappa shape index (κ3) is 3.04. The number of carbonyl (C=O) groups is 2. The predicted octanol–water partition coefficient (Wildman–Crippen LogP) is 0.0893.